The van der Waals surface area contributed by atoms with Crippen molar-refractivity contribution in [1.82, 2.24) is 0 Å². The van der Waals surface area contributed by atoms with E-state index in [1.165, 1.54) is 6.07 Å². The van der Waals surface area contributed by atoms with Crippen LogP contribution in [0.3, 0.4) is 0 Å². The molecule has 0 heterocycles. The molecule has 0 aromatic heterocycles. The Bertz CT molecular complexity index is 448. The number of hydrogen-bond donors (Lipinski definition) is 0. The summed E-state index contributed by atoms with van der Waals surface area (Å²) in [6.07, 6.45) is 0. The van der Waals surface area contributed by atoms with E-state index in [1.54, 1.807) is 30.3 Å². The number of para-hydroxylation sites is 1. The molecule has 0 saturated heterocycles. The van der Waals surface area contributed by atoms with Crippen LogP contribution in [0.1, 0.15) is 5.56 Å². The van der Waals surface area contributed by atoms with E-state index in [9.17, 15) is 4.39 Å². The van der Waals surface area contributed by atoms with Crippen LogP contribution >= 0.6 is 0 Å². The van der Waals surface area contributed by atoms with Crippen LogP contribution in [0.2, 0.25) is 0 Å². The van der Waals surface area contributed by atoms with Crippen LogP contribution in [0.15, 0.2) is 48.5 Å². The zero-order chi connectivity index (χ0) is 10.7. The number of benzene rings is 2. The molecule has 0 aliphatic carbocycles. The fraction of sp³-hybridized carbons (Fsp3) is 0. The fourth-order valence-corrected chi connectivity index (χ4v) is 1.21. The van der Waals surface area contributed by atoms with Crippen molar-refractivity contribution in [2.45, 2.75) is 0 Å². The first-order valence-electron chi connectivity index (χ1n) is 4.60. The van der Waals surface area contributed by atoms with E-state index >= 15 is 0 Å². The van der Waals surface area contributed by atoms with E-state index in [4.69, 9.17) is 4.74 Å². The first-order valence-corrected chi connectivity index (χ1v) is 4.60. The Kier molecular flexibility index (Phi) is 2.68. The van der Waals surface area contributed by atoms with Crippen LogP contribution in [0.4, 0.5) is 4.39 Å². The highest BCUT2D eigenvalue weighted by Gasteiger charge is 2.02. The summed E-state index contributed by atoms with van der Waals surface area (Å²) in [5.74, 6) is 0.470. The summed E-state index contributed by atoms with van der Waals surface area (Å²) in [6, 6.07) is 13.5. The van der Waals surface area contributed by atoms with Crippen LogP contribution < -0.4 is 4.74 Å². The standard InChI is InChI=1S/C13H10FO/c1-10-6-8-11(9-7-10)15-13-5-3-2-4-12(13)14/h2-9H,1H2. The molecule has 0 fully saturated rings. The van der Waals surface area contributed by atoms with Crippen molar-refractivity contribution in [1.29, 1.82) is 0 Å². The van der Waals surface area contributed by atoms with Gasteiger partial charge >= 0.3 is 0 Å². The molecule has 75 valence electrons. The molecule has 0 spiro atoms. The van der Waals surface area contributed by atoms with Gasteiger partial charge in [-0.25, -0.2) is 4.39 Å². The highest BCUT2D eigenvalue weighted by atomic mass is 19.1. The number of ether oxygens (including phenoxy) is 1. The van der Waals surface area contributed by atoms with Gasteiger partial charge in [-0.1, -0.05) is 24.3 Å². The molecule has 2 heteroatoms. The van der Waals surface area contributed by atoms with Gasteiger partial charge in [0.1, 0.15) is 5.75 Å². The van der Waals surface area contributed by atoms with Gasteiger partial charge in [0.2, 0.25) is 0 Å². The Morgan fingerprint density at radius 3 is 2.27 bits per heavy atom. The van der Waals surface area contributed by atoms with Gasteiger partial charge in [0.15, 0.2) is 11.6 Å². The highest BCUT2D eigenvalue weighted by Crippen LogP contribution is 2.23. The van der Waals surface area contributed by atoms with Gasteiger partial charge in [0, 0.05) is 0 Å². The van der Waals surface area contributed by atoms with Crippen molar-refractivity contribution in [2.75, 3.05) is 0 Å². The zero-order valence-corrected chi connectivity index (χ0v) is 8.11. The van der Waals surface area contributed by atoms with Crippen molar-refractivity contribution in [3.63, 3.8) is 0 Å². The van der Waals surface area contributed by atoms with Crippen molar-refractivity contribution >= 4 is 0 Å². The SMILES string of the molecule is [CH2]c1ccc(Oc2ccccc2F)cc1. The average molecular weight is 201 g/mol. The summed E-state index contributed by atoms with van der Waals surface area (Å²) >= 11 is 0. The zero-order valence-electron chi connectivity index (χ0n) is 8.11. The van der Waals surface area contributed by atoms with E-state index in [1.807, 2.05) is 12.1 Å². The van der Waals surface area contributed by atoms with Crippen LogP contribution in [0, 0.1) is 12.7 Å². The maximum atomic E-state index is 13.2. The normalized spacial score (nSPS) is 10.0. The second kappa shape index (κ2) is 4.13. The second-order valence-corrected chi connectivity index (χ2v) is 3.18. The Morgan fingerprint density at radius 2 is 1.60 bits per heavy atom. The first-order chi connectivity index (χ1) is 7.25. The maximum absolute atomic E-state index is 13.2. The van der Waals surface area contributed by atoms with Gasteiger partial charge in [-0.05, 0) is 36.8 Å². The van der Waals surface area contributed by atoms with Crippen molar-refractivity contribution in [3.8, 4) is 11.5 Å². The Balaban J connectivity index is 2.22. The summed E-state index contributed by atoms with van der Waals surface area (Å²) < 4.78 is 18.6. The van der Waals surface area contributed by atoms with E-state index in [-0.39, 0.29) is 11.6 Å². The van der Waals surface area contributed by atoms with Crippen LogP contribution in [-0.4, -0.2) is 0 Å². The molecule has 0 aliphatic rings. The number of hydrogen-bond acceptors (Lipinski definition) is 1. The molecule has 1 nitrogen and oxygen atoms in total. The third-order valence-corrected chi connectivity index (χ3v) is 1.99. The monoisotopic (exact) mass is 201 g/mol. The minimum absolute atomic E-state index is 0.231. The molecule has 0 saturated carbocycles. The van der Waals surface area contributed by atoms with Crippen LogP contribution in [-0.2, 0) is 0 Å². The van der Waals surface area contributed by atoms with E-state index in [0.717, 1.165) is 5.56 Å². The van der Waals surface area contributed by atoms with Crippen LogP contribution in [0.25, 0.3) is 0 Å². The summed E-state index contributed by atoms with van der Waals surface area (Å²) in [5, 5.41) is 0. The van der Waals surface area contributed by atoms with E-state index in [2.05, 4.69) is 6.92 Å². The van der Waals surface area contributed by atoms with E-state index in [0.29, 0.717) is 5.75 Å². The molecule has 0 unspecified atom stereocenters. The van der Waals surface area contributed by atoms with E-state index < -0.39 is 0 Å². The predicted octanol–water partition coefficient (Wildman–Crippen LogP) is 3.80. The molecule has 15 heavy (non-hydrogen) atoms. The molecular formula is C13H10FO. The average Bonchev–Trinajstić information content (AvgIpc) is 2.25. The largest absolute Gasteiger partial charge is 0.454 e. The Hall–Kier alpha value is -1.83. The lowest BCUT2D eigenvalue weighted by Gasteiger charge is -2.06. The smallest absolute Gasteiger partial charge is 0.165 e. The summed E-state index contributed by atoms with van der Waals surface area (Å²) in [4.78, 5) is 0. The third kappa shape index (κ3) is 2.34. The third-order valence-electron chi connectivity index (χ3n) is 1.99. The molecule has 2 aromatic rings. The van der Waals surface area contributed by atoms with Gasteiger partial charge in [-0.15, -0.1) is 0 Å². The van der Waals surface area contributed by atoms with Crippen molar-refractivity contribution in [2.24, 2.45) is 0 Å². The van der Waals surface area contributed by atoms with Gasteiger partial charge in [0.05, 0.1) is 0 Å². The highest BCUT2D eigenvalue weighted by molar-refractivity contribution is 5.34. The molecule has 0 N–H and O–H groups in total. The van der Waals surface area contributed by atoms with Crippen LogP contribution in [0.5, 0.6) is 11.5 Å². The summed E-state index contributed by atoms with van der Waals surface area (Å²) in [7, 11) is 0. The molecule has 0 bridgehead atoms. The first kappa shape index (κ1) is 9.71. The quantitative estimate of drug-likeness (QED) is 0.718. The van der Waals surface area contributed by atoms with Crippen molar-refractivity contribution < 1.29 is 9.13 Å². The van der Waals surface area contributed by atoms with Gasteiger partial charge in [-0.3, -0.25) is 0 Å². The number of halogens is 1. The lowest BCUT2D eigenvalue weighted by atomic mass is 10.2. The van der Waals surface area contributed by atoms with Gasteiger partial charge < -0.3 is 4.74 Å². The topological polar surface area (TPSA) is 9.23 Å². The fourth-order valence-electron chi connectivity index (χ4n) is 1.21. The minimum Gasteiger partial charge on any atom is -0.454 e. The molecule has 0 atom stereocenters. The summed E-state index contributed by atoms with van der Waals surface area (Å²) in [6.45, 7) is 3.76. The Morgan fingerprint density at radius 1 is 0.933 bits per heavy atom. The van der Waals surface area contributed by atoms with Gasteiger partial charge in [0.25, 0.3) is 0 Å². The molecular weight excluding hydrogens is 191 g/mol. The predicted molar refractivity (Wildman–Crippen MR) is 57.4 cm³/mol. The molecule has 2 rings (SSSR count). The maximum Gasteiger partial charge on any atom is 0.165 e. The summed E-state index contributed by atoms with van der Waals surface area (Å²) in [5.41, 5.74) is 0.899. The molecule has 0 aliphatic heterocycles. The van der Waals surface area contributed by atoms with Crippen molar-refractivity contribution in [3.05, 3.63) is 66.8 Å². The number of rotatable bonds is 2. The molecule has 0 amide bonds. The lowest BCUT2D eigenvalue weighted by molar-refractivity contribution is 0.442. The second-order valence-electron chi connectivity index (χ2n) is 3.18. The van der Waals surface area contributed by atoms with Gasteiger partial charge in [-0.2, -0.15) is 0 Å². The Labute approximate surface area is 88.1 Å². The minimum atomic E-state index is -0.365. The molecule has 1 radical (unpaired) electrons. The molecule has 2 aromatic carbocycles. The lowest BCUT2D eigenvalue weighted by Crippen LogP contribution is -1.87.